The first-order valence-corrected chi connectivity index (χ1v) is 10.4. The Hall–Kier alpha value is -2.18. The van der Waals surface area contributed by atoms with Gasteiger partial charge in [0, 0.05) is 31.6 Å². The minimum absolute atomic E-state index is 0.00235. The summed E-state index contributed by atoms with van der Waals surface area (Å²) in [6, 6.07) is 10.5. The Kier molecular flexibility index (Phi) is 5.74. The van der Waals surface area contributed by atoms with Crippen LogP contribution in [-0.4, -0.2) is 60.9 Å². The summed E-state index contributed by atoms with van der Waals surface area (Å²) in [7, 11) is 3.96. The van der Waals surface area contributed by atoms with Crippen molar-refractivity contribution in [2.45, 2.75) is 32.4 Å². The summed E-state index contributed by atoms with van der Waals surface area (Å²) >= 11 is 0. The molecule has 4 rings (SSSR count). The van der Waals surface area contributed by atoms with Crippen LogP contribution >= 0.6 is 0 Å². The van der Waals surface area contributed by atoms with Gasteiger partial charge in [0.15, 0.2) is 5.76 Å². The van der Waals surface area contributed by atoms with Crippen molar-refractivity contribution in [1.82, 2.24) is 14.7 Å². The zero-order valence-corrected chi connectivity index (χ0v) is 17.4. The van der Waals surface area contributed by atoms with Gasteiger partial charge in [-0.25, -0.2) is 4.39 Å². The summed E-state index contributed by atoms with van der Waals surface area (Å²) in [4.78, 5) is 19.4. The number of halogens is 1. The van der Waals surface area contributed by atoms with Crippen molar-refractivity contribution in [2.24, 2.45) is 5.41 Å². The van der Waals surface area contributed by atoms with E-state index in [-0.39, 0.29) is 17.1 Å². The molecule has 0 aliphatic carbocycles. The second-order valence-electron chi connectivity index (χ2n) is 8.92. The van der Waals surface area contributed by atoms with Gasteiger partial charge < -0.3 is 14.2 Å². The molecule has 29 heavy (non-hydrogen) atoms. The molecule has 2 fully saturated rings. The normalized spacial score (nSPS) is 22.7. The van der Waals surface area contributed by atoms with Gasteiger partial charge in [0.25, 0.3) is 5.91 Å². The smallest absolute Gasteiger partial charge is 0.289 e. The number of amides is 1. The van der Waals surface area contributed by atoms with Crippen LogP contribution in [0, 0.1) is 11.2 Å². The maximum Gasteiger partial charge on any atom is 0.289 e. The average molecular weight is 400 g/mol. The molecule has 1 aromatic heterocycles. The largest absolute Gasteiger partial charge is 0.455 e. The van der Waals surface area contributed by atoms with Crippen LogP contribution in [0.4, 0.5) is 4.39 Å². The molecule has 0 radical (unpaired) electrons. The SMILES string of the molecule is CN(C)Cc1ccc(C(=O)N2CCC3(CCCN(Cc4ccc(F)cc4)C3)C2)o1. The molecule has 2 saturated heterocycles. The van der Waals surface area contributed by atoms with Crippen molar-refractivity contribution in [3.05, 3.63) is 59.3 Å². The third kappa shape index (κ3) is 4.70. The fourth-order valence-electron chi connectivity index (χ4n) is 4.78. The molecule has 156 valence electrons. The summed E-state index contributed by atoms with van der Waals surface area (Å²) in [6.45, 7) is 5.14. The van der Waals surface area contributed by atoms with Gasteiger partial charge in [-0.05, 0) is 69.7 Å². The van der Waals surface area contributed by atoms with Gasteiger partial charge in [-0.3, -0.25) is 9.69 Å². The Morgan fingerprint density at radius 1 is 1.10 bits per heavy atom. The minimum Gasteiger partial charge on any atom is -0.455 e. The van der Waals surface area contributed by atoms with Crippen molar-refractivity contribution < 1.29 is 13.6 Å². The highest BCUT2D eigenvalue weighted by Crippen LogP contribution is 2.40. The summed E-state index contributed by atoms with van der Waals surface area (Å²) < 4.78 is 18.9. The van der Waals surface area contributed by atoms with E-state index in [4.69, 9.17) is 4.42 Å². The molecule has 1 unspecified atom stereocenters. The third-order valence-electron chi connectivity index (χ3n) is 6.13. The number of hydrogen-bond acceptors (Lipinski definition) is 4. The van der Waals surface area contributed by atoms with E-state index >= 15 is 0 Å². The van der Waals surface area contributed by atoms with E-state index in [2.05, 4.69) is 4.90 Å². The highest BCUT2D eigenvalue weighted by atomic mass is 19.1. The van der Waals surface area contributed by atoms with Crippen LogP contribution in [0.3, 0.4) is 0 Å². The number of furan rings is 1. The van der Waals surface area contributed by atoms with E-state index < -0.39 is 0 Å². The Morgan fingerprint density at radius 3 is 2.66 bits per heavy atom. The van der Waals surface area contributed by atoms with Crippen LogP contribution in [0.2, 0.25) is 0 Å². The molecular formula is C23H30FN3O2. The standard InChI is InChI=1S/C23H30FN3O2/c1-25(2)15-20-8-9-21(29-20)22(28)27-13-11-23(17-27)10-3-12-26(16-23)14-18-4-6-19(24)7-5-18/h4-9H,3,10-17H2,1-2H3. The predicted molar refractivity (Wildman–Crippen MR) is 110 cm³/mol. The van der Waals surface area contributed by atoms with Gasteiger partial charge in [-0.15, -0.1) is 0 Å². The molecule has 1 atom stereocenters. The lowest BCUT2D eigenvalue weighted by Crippen LogP contribution is -2.45. The summed E-state index contributed by atoms with van der Waals surface area (Å²) in [5, 5.41) is 0. The van der Waals surface area contributed by atoms with Crippen LogP contribution in [0.25, 0.3) is 0 Å². The summed E-state index contributed by atoms with van der Waals surface area (Å²) in [5.41, 5.74) is 1.30. The first-order chi connectivity index (χ1) is 13.9. The molecule has 1 spiro atoms. The Bertz CT molecular complexity index is 848. The number of piperidine rings is 1. The predicted octanol–water partition coefficient (Wildman–Crippen LogP) is 3.61. The zero-order chi connectivity index (χ0) is 20.4. The molecule has 0 bridgehead atoms. The fraction of sp³-hybridized carbons (Fsp3) is 0.522. The van der Waals surface area contributed by atoms with Crippen molar-refractivity contribution in [1.29, 1.82) is 0 Å². The van der Waals surface area contributed by atoms with E-state index in [1.165, 1.54) is 12.1 Å². The minimum atomic E-state index is -0.194. The van der Waals surface area contributed by atoms with Gasteiger partial charge in [0.1, 0.15) is 11.6 Å². The van der Waals surface area contributed by atoms with Gasteiger partial charge >= 0.3 is 0 Å². The highest BCUT2D eigenvalue weighted by molar-refractivity contribution is 5.91. The van der Waals surface area contributed by atoms with Gasteiger partial charge in [-0.2, -0.15) is 0 Å². The lowest BCUT2D eigenvalue weighted by Gasteiger charge is -2.40. The van der Waals surface area contributed by atoms with E-state index in [0.717, 1.165) is 63.3 Å². The van der Waals surface area contributed by atoms with E-state index in [1.807, 2.05) is 42.1 Å². The lowest BCUT2D eigenvalue weighted by molar-refractivity contribution is 0.0649. The Labute approximate surface area is 172 Å². The molecular weight excluding hydrogens is 369 g/mol. The van der Waals surface area contributed by atoms with Crippen molar-refractivity contribution in [3.63, 3.8) is 0 Å². The topological polar surface area (TPSA) is 39.9 Å². The molecule has 1 aromatic carbocycles. The highest BCUT2D eigenvalue weighted by Gasteiger charge is 2.43. The zero-order valence-electron chi connectivity index (χ0n) is 17.4. The third-order valence-corrected chi connectivity index (χ3v) is 6.13. The van der Waals surface area contributed by atoms with Crippen LogP contribution in [0.5, 0.6) is 0 Å². The summed E-state index contributed by atoms with van der Waals surface area (Å²) in [5.74, 6) is 1.07. The van der Waals surface area contributed by atoms with Crippen LogP contribution in [-0.2, 0) is 13.1 Å². The average Bonchev–Trinajstić information content (AvgIpc) is 3.30. The summed E-state index contributed by atoms with van der Waals surface area (Å²) in [6.07, 6.45) is 3.32. The molecule has 2 aromatic rings. The molecule has 0 saturated carbocycles. The molecule has 2 aliphatic heterocycles. The van der Waals surface area contributed by atoms with E-state index in [1.54, 1.807) is 6.07 Å². The quantitative estimate of drug-likeness (QED) is 0.770. The maximum absolute atomic E-state index is 13.2. The monoisotopic (exact) mass is 399 g/mol. The van der Waals surface area contributed by atoms with Gasteiger partial charge in [-0.1, -0.05) is 12.1 Å². The molecule has 2 aliphatic rings. The number of carbonyl (C=O) groups excluding carboxylic acids is 1. The van der Waals surface area contributed by atoms with Crippen molar-refractivity contribution in [2.75, 3.05) is 40.3 Å². The van der Waals surface area contributed by atoms with Crippen LogP contribution in [0.15, 0.2) is 40.8 Å². The van der Waals surface area contributed by atoms with Gasteiger partial charge in [0.05, 0.1) is 6.54 Å². The second-order valence-corrected chi connectivity index (χ2v) is 8.92. The molecule has 5 nitrogen and oxygen atoms in total. The van der Waals surface area contributed by atoms with E-state index in [9.17, 15) is 9.18 Å². The number of likely N-dealkylation sites (tertiary alicyclic amines) is 2. The van der Waals surface area contributed by atoms with E-state index in [0.29, 0.717) is 12.3 Å². The van der Waals surface area contributed by atoms with Crippen molar-refractivity contribution in [3.8, 4) is 0 Å². The lowest BCUT2D eigenvalue weighted by atomic mass is 9.79. The first-order valence-electron chi connectivity index (χ1n) is 10.4. The molecule has 3 heterocycles. The number of carbonyl (C=O) groups is 1. The maximum atomic E-state index is 13.2. The number of rotatable bonds is 5. The van der Waals surface area contributed by atoms with Crippen LogP contribution in [0.1, 0.15) is 41.1 Å². The molecule has 0 N–H and O–H groups in total. The number of hydrogen-bond donors (Lipinski definition) is 0. The van der Waals surface area contributed by atoms with Crippen LogP contribution < -0.4 is 0 Å². The molecule has 1 amide bonds. The van der Waals surface area contributed by atoms with Crippen molar-refractivity contribution >= 4 is 5.91 Å². The Morgan fingerprint density at radius 2 is 1.90 bits per heavy atom. The Balaban J connectivity index is 1.38. The first kappa shape index (κ1) is 20.1. The number of benzene rings is 1. The van der Waals surface area contributed by atoms with Gasteiger partial charge in [0.2, 0.25) is 0 Å². The fourth-order valence-corrected chi connectivity index (χ4v) is 4.78. The second kappa shape index (κ2) is 8.28. The molecule has 6 heteroatoms. The number of nitrogens with zero attached hydrogens (tertiary/aromatic N) is 3.